The fraction of sp³-hybridized carbons (Fsp3) is 0.400. The summed E-state index contributed by atoms with van der Waals surface area (Å²) in [5.74, 6) is -4.55. The van der Waals surface area contributed by atoms with Gasteiger partial charge < -0.3 is 30.2 Å². The molecule has 1 aliphatic carbocycles. The lowest BCUT2D eigenvalue weighted by atomic mass is 9.83. The van der Waals surface area contributed by atoms with Gasteiger partial charge in [-0.1, -0.05) is 0 Å². The molecule has 4 N–H and O–H groups in total. The molecule has 0 saturated carbocycles. The number of rotatable bonds is 18. The maximum atomic E-state index is 13.5. The Hall–Kier alpha value is -4.74. The number of fused-ring (bicyclic) bond motifs is 2. The highest BCUT2D eigenvalue weighted by atomic mass is 16.4. The van der Waals surface area contributed by atoms with Gasteiger partial charge in [-0.2, -0.15) is 0 Å². The van der Waals surface area contributed by atoms with Crippen LogP contribution in [0, 0.1) is 0 Å². The lowest BCUT2D eigenvalue weighted by Crippen LogP contribution is -2.29. The Balaban J connectivity index is 1.88. The first-order valence-electron chi connectivity index (χ1n) is 13.7. The van der Waals surface area contributed by atoms with E-state index in [9.17, 15) is 28.8 Å². The second-order valence-corrected chi connectivity index (χ2v) is 10.1. The number of nitrogens with zero attached hydrogens (tertiary/aromatic N) is 2. The minimum absolute atomic E-state index is 0.0723. The SMILES string of the molecule is O=C(O)CCCN(CCCC(=O)O)c1ccc2c(c1)C(=O)c1ccc(N(CCCC(=O)O)CCCC(=O)O)cc1C2=O. The highest BCUT2D eigenvalue weighted by molar-refractivity contribution is 6.28. The van der Waals surface area contributed by atoms with Crippen LogP contribution in [-0.2, 0) is 19.2 Å². The molecule has 0 aliphatic heterocycles. The van der Waals surface area contributed by atoms with Gasteiger partial charge in [-0.15, -0.1) is 0 Å². The van der Waals surface area contributed by atoms with Crippen molar-refractivity contribution in [2.75, 3.05) is 36.0 Å². The van der Waals surface area contributed by atoms with E-state index in [1.54, 1.807) is 36.4 Å². The quantitative estimate of drug-likeness (QED) is 0.171. The number of hydrogen-bond acceptors (Lipinski definition) is 8. The molecule has 2 aromatic rings. The van der Waals surface area contributed by atoms with Crippen LogP contribution in [0.4, 0.5) is 11.4 Å². The van der Waals surface area contributed by atoms with Gasteiger partial charge in [0.25, 0.3) is 0 Å². The van der Waals surface area contributed by atoms with Gasteiger partial charge in [-0.25, -0.2) is 0 Å². The minimum atomic E-state index is -0.954. The first-order valence-corrected chi connectivity index (χ1v) is 13.7. The van der Waals surface area contributed by atoms with Crippen molar-refractivity contribution < 1.29 is 49.2 Å². The molecule has 0 saturated heterocycles. The minimum Gasteiger partial charge on any atom is -0.481 e. The van der Waals surface area contributed by atoms with Crippen LogP contribution in [0.25, 0.3) is 0 Å². The molecule has 42 heavy (non-hydrogen) atoms. The van der Waals surface area contributed by atoms with Gasteiger partial charge in [0.15, 0.2) is 11.6 Å². The molecule has 0 spiro atoms. The van der Waals surface area contributed by atoms with Gasteiger partial charge in [0.1, 0.15) is 0 Å². The van der Waals surface area contributed by atoms with E-state index < -0.39 is 23.9 Å². The van der Waals surface area contributed by atoms with E-state index in [-0.39, 0.29) is 59.5 Å². The first-order chi connectivity index (χ1) is 20.0. The van der Waals surface area contributed by atoms with Gasteiger partial charge in [0.2, 0.25) is 0 Å². The van der Waals surface area contributed by atoms with Crippen molar-refractivity contribution in [1.29, 1.82) is 0 Å². The van der Waals surface area contributed by atoms with E-state index in [1.165, 1.54) is 0 Å². The molecule has 12 heteroatoms. The molecule has 224 valence electrons. The van der Waals surface area contributed by atoms with E-state index in [0.29, 0.717) is 63.2 Å². The monoisotopic (exact) mass is 582 g/mol. The summed E-state index contributed by atoms with van der Waals surface area (Å²) in [4.78, 5) is 74.7. The molecule has 0 fully saturated rings. The molecular weight excluding hydrogens is 548 g/mol. The van der Waals surface area contributed by atoms with Crippen LogP contribution in [-0.4, -0.2) is 82.0 Å². The summed E-state index contributed by atoms with van der Waals surface area (Å²) in [6.45, 7) is 1.30. The molecule has 0 unspecified atom stereocenters. The molecule has 12 nitrogen and oxygen atoms in total. The first kappa shape index (κ1) is 31.8. The Morgan fingerprint density at radius 2 is 0.762 bits per heavy atom. The second kappa shape index (κ2) is 14.8. The Labute approximate surface area is 242 Å². The average molecular weight is 583 g/mol. The van der Waals surface area contributed by atoms with Crippen molar-refractivity contribution in [3.05, 3.63) is 58.7 Å². The van der Waals surface area contributed by atoms with Crippen molar-refractivity contribution >= 4 is 46.8 Å². The molecule has 0 heterocycles. The smallest absolute Gasteiger partial charge is 0.303 e. The third-order valence-electron chi connectivity index (χ3n) is 6.99. The summed E-state index contributed by atoms with van der Waals surface area (Å²) in [6, 6.07) is 9.56. The molecule has 0 amide bonds. The number of carbonyl (C=O) groups is 6. The summed E-state index contributed by atoms with van der Waals surface area (Å²) >= 11 is 0. The van der Waals surface area contributed by atoms with Gasteiger partial charge in [-0.05, 0) is 62.1 Å². The van der Waals surface area contributed by atoms with Crippen LogP contribution in [0.1, 0.15) is 83.2 Å². The van der Waals surface area contributed by atoms with Gasteiger partial charge in [0, 0.05) is 85.5 Å². The summed E-state index contributed by atoms with van der Waals surface area (Å²) in [6.07, 6.45) is 0.962. The molecule has 3 rings (SSSR count). The zero-order valence-electron chi connectivity index (χ0n) is 23.1. The normalized spacial score (nSPS) is 11.9. The molecule has 0 aromatic heterocycles. The maximum absolute atomic E-state index is 13.5. The number of aliphatic carboxylic acids is 4. The second-order valence-electron chi connectivity index (χ2n) is 10.1. The molecule has 1 aliphatic rings. The largest absolute Gasteiger partial charge is 0.481 e. The highest BCUT2D eigenvalue weighted by Crippen LogP contribution is 2.33. The predicted octanol–water partition coefficient (Wildman–Crippen LogP) is 3.53. The third kappa shape index (κ3) is 8.63. The van der Waals surface area contributed by atoms with E-state index in [2.05, 4.69) is 0 Å². The van der Waals surface area contributed by atoms with Crippen molar-refractivity contribution in [2.45, 2.75) is 51.4 Å². The van der Waals surface area contributed by atoms with Crippen molar-refractivity contribution in [3.8, 4) is 0 Å². The average Bonchev–Trinajstić information content (AvgIpc) is 2.93. The Morgan fingerprint density at radius 1 is 0.476 bits per heavy atom. The van der Waals surface area contributed by atoms with Crippen molar-refractivity contribution in [3.63, 3.8) is 0 Å². The number of hydrogen-bond donors (Lipinski definition) is 4. The Bertz CT molecular complexity index is 1230. The van der Waals surface area contributed by atoms with Crippen LogP contribution in [0.3, 0.4) is 0 Å². The Morgan fingerprint density at radius 3 is 1.02 bits per heavy atom. The van der Waals surface area contributed by atoms with Crippen LogP contribution < -0.4 is 9.80 Å². The predicted molar refractivity (Wildman–Crippen MR) is 152 cm³/mol. The van der Waals surface area contributed by atoms with Gasteiger partial charge >= 0.3 is 23.9 Å². The molecule has 2 aromatic carbocycles. The highest BCUT2D eigenvalue weighted by Gasteiger charge is 2.31. The van der Waals surface area contributed by atoms with E-state index in [4.69, 9.17) is 20.4 Å². The lowest BCUT2D eigenvalue weighted by Gasteiger charge is -2.28. The van der Waals surface area contributed by atoms with Gasteiger partial charge in [0.05, 0.1) is 0 Å². The van der Waals surface area contributed by atoms with Crippen LogP contribution in [0.15, 0.2) is 36.4 Å². The molecular formula is C30H34N2O10. The van der Waals surface area contributed by atoms with Crippen LogP contribution >= 0.6 is 0 Å². The van der Waals surface area contributed by atoms with Crippen LogP contribution in [0.5, 0.6) is 0 Å². The summed E-state index contributed by atoms with van der Waals surface area (Å²) in [5.41, 5.74) is 1.95. The van der Waals surface area contributed by atoms with Crippen LogP contribution in [0.2, 0.25) is 0 Å². The number of carboxylic acids is 4. The van der Waals surface area contributed by atoms with E-state index >= 15 is 0 Å². The molecule has 0 bridgehead atoms. The maximum Gasteiger partial charge on any atom is 0.303 e. The van der Waals surface area contributed by atoms with Crippen molar-refractivity contribution in [2.24, 2.45) is 0 Å². The lowest BCUT2D eigenvalue weighted by molar-refractivity contribution is -0.138. The topological polar surface area (TPSA) is 190 Å². The third-order valence-corrected chi connectivity index (χ3v) is 6.99. The number of ketones is 2. The number of benzene rings is 2. The number of carboxylic acid groups (broad SMARTS) is 4. The summed E-state index contributed by atoms with van der Waals surface area (Å²) < 4.78 is 0. The molecule has 0 radical (unpaired) electrons. The zero-order valence-corrected chi connectivity index (χ0v) is 23.1. The van der Waals surface area contributed by atoms with Gasteiger partial charge in [-0.3, -0.25) is 28.8 Å². The summed E-state index contributed by atoms with van der Waals surface area (Å²) in [5, 5.41) is 36.1. The van der Waals surface area contributed by atoms with E-state index in [1.807, 2.05) is 9.80 Å². The fourth-order valence-electron chi connectivity index (χ4n) is 4.94. The molecule has 0 atom stereocenters. The Kier molecular flexibility index (Phi) is 11.2. The number of carbonyl (C=O) groups excluding carboxylic acids is 2. The summed E-state index contributed by atoms with van der Waals surface area (Å²) in [7, 11) is 0. The number of anilines is 2. The fourth-order valence-corrected chi connectivity index (χ4v) is 4.94. The van der Waals surface area contributed by atoms with E-state index in [0.717, 1.165) is 0 Å². The van der Waals surface area contributed by atoms with Crippen molar-refractivity contribution in [1.82, 2.24) is 0 Å². The zero-order chi connectivity index (χ0) is 30.8. The standard InChI is InChI=1S/C30H34N2O10/c33-25(34)5-1-13-31(14-2-6-26(35)36)19-9-11-21-23(17-19)29(41)22-12-10-20(18-24(22)30(21)42)32(15-3-7-27(37)38)16-4-8-28(39)40/h9-12,17-18H,1-8,13-16H2,(H,33,34)(H,35,36)(H,37,38)(H,39,40).